The molecule has 6 rings (SSSR count). The quantitative estimate of drug-likeness (QED) is 0.309. The molecule has 1 aromatic heterocycles. The highest BCUT2D eigenvalue weighted by molar-refractivity contribution is 6.35. The molecule has 2 heterocycles. The highest BCUT2D eigenvalue weighted by Crippen LogP contribution is 2.32. The lowest BCUT2D eigenvalue weighted by Crippen LogP contribution is -2.30. The number of carbonyl (C=O) groups excluding carboxylic acids is 3. The number of aryl methyl sites for hydroxylation is 1. The van der Waals surface area contributed by atoms with Crippen molar-refractivity contribution in [3.8, 4) is 11.4 Å². The monoisotopic (exact) mass is 486 g/mol. The molecule has 7 heteroatoms. The van der Waals surface area contributed by atoms with E-state index in [0.717, 1.165) is 27.7 Å². The van der Waals surface area contributed by atoms with Gasteiger partial charge in [0.25, 0.3) is 17.7 Å². The molecule has 0 fully saturated rings. The fourth-order valence-electron chi connectivity index (χ4n) is 4.62. The van der Waals surface area contributed by atoms with Gasteiger partial charge in [0.2, 0.25) is 0 Å². The van der Waals surface area contributed by atoms with Crippen molar-refractivity contribution in [3.05, 3.63) is 113 Å². The first-order chi connectivity index (χ1) is 17.9. The number of hydrogen-bond donors (Lipinski definition) is 2. The summed E-state index contributed by atoms with van der Waals surface area (Å²) in [5, 5.41) is 2.89. The molecule has 4 aromatic carbocycles. The number of nitrogens with zero attached hydrogens (tertiary/aromatic N) is 2. The van der Waals surface area contributed by atoms with E-state index >= 15 is 0 Å². The molecule has 180 valence electrons. The summed E-state index contributed by atoms with van der Waals surface area (Å²) in [4.78, 5) is 48.5. The summed E-state index contributed by atoms with van der Waals surface area (Å²) in [6.07, 6.45) is 0. The van der Waals surface area contributed by atoms with Gasteiger partial charge in [0.15, 0.2) is 0 Å². The number of fused-ring (bicyclic) bond motifs is 2. The van der Waals surface area contributed by atoms with E-state index in [1.807, 2.05) is 68.4 Å². The molecule has 5 aromatic rings. The smallest absolute Gasteiger partial charge is 0.266 e. The summed E-state index contributed by atoms with van der Waals surface area (Å²) in [5.74, 6) is -0.505. The SMILES string of the molecule is Cc1cccc(N2C(=O)c3ccc(C(=O)Nc4cccc(-c5nc6ccccc6[nH]5)c4)cc3C2=O)c1C. The minimum absolute atomic E-state index is 0.217. The maximum absolute atomic E-state index is 13.2. The Morgan fingerprint density at radius 2 is 1.62 bits per heavy atom. The summed E-state index contributed by atoms with van der Waals surface area (Å²) in [6.45, 7) is 3.81. The van der Waals surface area contributed by atoms with Crippen LogP contribution in [0.2, 0.25) is 0 Å². The summed E-state index contributed by atoms with van der Waals surface area (Å²) in [6, 6.07) is 25.2. The van der Waals surface area contributed by atoms with E-state index in [1.54, 1.807) is 24.3 Å². The third-order valence-corrected chi connectivity index (χ3v) is 6.75. The molecule has 0 aliphatic carbocycles. The molecule has 2 N–H and O–H groups in total. The number of benzene rings is 4. The fourth-order valence-corrected chi connectivity index (χ4v) is 4.62. The van der Waals surface area contributed by atoms with Crippen LogP contribution >= 0.6 is 0 Å². The van der Waals surface area contributed by atoms with Gasteiger partial charge in [-0.1, -0.05) is 36.4 Å². The van der Waals surface area contributed by atoms with Crippen LogP contribution in [0, 0.1) is 13.8 Å². The van der Waals surface area contributed by atoms with Gasteiger partial charge in [0, 0.05) is 16.8 Å². The maximum atomic E-state index is 13.2. The fraction of sp³-hybridized carbons (Fsp3) is 0.0667. The Morgan fingerprint density at radius 1 is 0.838 bits per heavy atom. The molecule has 0 saturated heterocycles. The highest BCUT2D eigenvalue weighted by atomic mass is 16.2. The van der Waals surface area contributed by atoms with E-state index < -0.39 is 5.91 Å². The van der Waals surface area contributed by atoms with Crippen LogP contribution in [0.3, 0.4) is 0 Å². The van der Waals surface area contributed by atoms with E-state index in [9.17, 15) is 14.4 Å². The summed E-state index contributed by atoms with van der Waals surface area (Å²) >= 11 is 0. The number of carbonyl (C=O) groups is 3. The van der Waals surface area contributed by atoms with Gasteiger partial charge in [0.05, 0.1) is 27.8 Å². The lowest BCUT2D eigenvalue weighted by atomic mass is 10.1. The number of aromatic amines is 1. The summed E-state index contributed by atoms with van der Waals surface area (Å²) < 4.78 is 0. The highest BCUT2D eigenvalue weighted by Gasteiger charge is 2.38. The van der Waals surface area contributed by atoms with Crippen LogP contribution in [0.15, 0.2) is 84.9 Å². The molecular weight excluding hydrogens is 464 g/mol. The number of anilines is 2. The minimum Gasteiger partial charge on any atom is -0.338 e. The standard InChI is InChI=1S/C30H22N4O3/c1-17-7-5-12-26(18(17)2)34-29(36)22-14-13-20(16-23(22)30(34)37)28(35)31-21-9-6-8-19(15-21)27-32-24-10-3-4-11-25(24)33-27/h3-16H,1-2H3,(H,31,35)(H,32,33). The molecule has 0 saturated carbocycles. The Kier molecular flexibility index (Phi) is 5.19. The van der Waals surface area contributed by atoms with Gasteiger partial charge in [-0.05, 0) is 73.5 Å². The van der Waals surface area contributed by atoms with Crippen LogP contribution in [0.4, 0.5) is 11.4 Å². The van der Waals surface area contributed by atoms with Crippen molar-refractivity contribution >= 4 is 40.1 Å². The minimum atomic E-state index is -0.435. The van der Waals surface area contributed by atoms with Crippen LogP contribution in [-0.4, -0.2) is 27.7 Å². The number of para-hydroxylation sites is 2. The Balaban J connectivity index is 1.26. The number of imide groups is 1. The zero-order valence-electron chi connectivity index (χ0n) is 20.2. The first-order valence-corrected chi connectivity index (χ1v) is 11.9. The van der Waals surface area contributed by atoms with Crippen molar-refractivity contribution in [2.45, 2.75) is 13.8 Å². The number of rotatable bonds is 4. The number of aromatic nitrogens is 2. The zero-order valence-corrected chi connectivity index (χ0v) is 20.2. The van der Waals surface area contributed by atoms with E-state index in [4.69, 9.17) is 0 Å². The van der Waals surface area contributed by atoms with Crippen LogP contribution in [0.5, 0.6) is 0 Å². The second-order valence-corrected chi connectivity index (χ2v) is 9.06. The van der Waals surface area contributed by atoms with Gasteiger partial charge < -0.3 is 10.3 Å². The predicted octanol–water partition coefficient (Wildman–Crippen LogP) is 5.90. The van der Waals surface area contributed by atoms with Crippen molar-refractivity contribution in [3.63, 3.8) is 0 Å². The van der Waals surface area contributed by atoms with Gasteiger partial charge in [-0.3, -0.25) is 14.4 Å². The molecule has 0 bridgehead atoms. The Morgan fingerprint density at radius 3 is 2.46 bits per heavy atom. The van der Waals surface area contributed by atoms with Crippen molar-refractivity contribution in [2.24, 2.45) is 0 Å². The van der Waals surface area contributed by atoms with Gasteiger partial charge in [-0.2, -0.15) is 0 Å². The molecular formula is C30H22N4O3. The third-order valence-electron chi connectivity index (χ3n) is 6.75. The van der Waals surface area contributed by atoms with Crippen LogP contribution in [-0.2, 0) is 0 Å². The number of hydrogen-bond acceptors (Lipinski definition) is 4. The zero-order chi connectivity index (χ0) is 25.7. The van der Waals surface area contributed by atoms with E-state index in [2.05, 4.69) is 15.3 Å². The molecule has 1 aliphatic rings. The predicted molar refractivity (Wildman–Crippen MR) is 143 cm³/mol. The average molecular weight is 487 g/mol. The molecule has 0 unspecified atom stereocenters. The van der Waals surface area contributed by atoms with Gasteiger partial charge in [-0.25, -0.2) is 9.88 Å². The summed E-state index contributed by atoms with van der Waals surface area (Å²) in [7, 11) is 0. The molecule has 0 spiro atoms. The Hall–Kier alpha value is -5.04. The van der Waals surface area contributed by atoms with E-state index in [0.29, 0.717) is 17.2 Å². The van der Waals surface area contributed by atoms with Crippen LogP contribution < -0.4 is 10.2 Å². The molecule has 3 amide bonds. The first-order valence-electron chi connectivity index (χ1n) is 11.9. The summed E-state index contributed by atoms with van der Waals surface area (Å²) in [5.41, 5.74) is 6.40. The van der Waals surface area contributed by atoms with Gasteiger partial charge in [0.1, 0.15) is 5.82 Å². The number of amides is 3. The lowest BCUT2D eigenvalue weighted by Gasteiger charge is -2.17. The Bertz CT molecular complexity index is 1720. The molecule has 0 atom stereocenters. The normalized spacial score (nSPS) is 12.8. The van der Waals surface area contributed by atoms with Crippen molar-refractivity contribution in [1.29, 1.82) is 0 Å². The van der Waals surface area contributed by atoms with Crippen LogP contribution in [0.1, 0.15) is 42.2 Å². The van der Waals surface area contributed by atoms with Crippen molar-refractivity contribution in [2.75, 3.05) is 10.2 Å². The molecule has 7 nitrogen and oxygen atoms in total. The van der Waals surface area contributed by atoms with Crippen LogP contribution in [0.25, 0.3) is 22.4 Å². The molecule has 37 heavy (non-hydrogen) atoms. The number of H-pyrrole nitrogens is 1. The van der Waals surface area contributed by atoms with E-state index in [1.165, 1.54) is 11.0 Å². The van der Waals surface area contributed by atoms with Crippen molar-refractivity contribution in [1.82, 2.24) is 9.97 Å². The average Bonchev–Trinajstić information content (AvgIpc) is 3.45. The first kappa shape index (κ1) is 22.4. The Labute approximate surface area is 212 Å². The number of nitrogens with one attached hydrogen (secondary N) is 2. The molecule has 0 radical (unpaired) electrons. The van der Waals surface area contributed by atoms with Crippen molar-refractivity contribution < 1.29 is 14.4 Å². The largest absolute Gasteiger partial charge is 0.338 e. The number of imidazole rings is 1. The third kappa shape index (κ3) is 3.77. The van der Waals surface area contributed by atoms with E-state index in [-0.39, 0.29) is 28.5 Å². The lowest BCUT2D eigenvalue weighted by molar-refractivity contribution is 0.0925. The molecule has 1 aliphatic heterocycles. The topological polar surface area (TPSA) is 95.2 Å². The second kappa shape index (κ2) is 8.57. The van der Waals surface area contributed by atoms with Gasteiger partial charge >= 0.3 is 0 Å². The van der Waals surface area contributed by atoms with Gasteiger partial charge in [-0.15, -0.1) is 0 Å². The second-order valence-electron chi connectivity index (χ2n) is 9.06. The maximum Gasteiger partial charge on any atom is 0.266 e.